The lowest BCUT2D eigenvalue weighted by Gasteiger charge is -2.35. The average Bonchev–Trinajstić information content (AvgIpc) is 2.41. The molecule has 0 radical (unpaired) electrons. The predicted octanol–water partition coefficient (Wildman–Crippen LogP) is 2.01. The Morgan fingerprint density at radius 1 is 1.43 bits per heavy atom. The SMILES string of the molecule is COC[C@]1(C)Nc2cc(C=N)c(N)cc2NC1=O.CSC. The van der Waals surface area contributed by atoms with E-state index in [1.54, 1.807) is 37.9 Å². The lowest BCUT2D eigenvalue weighted by Crippen LogP contribution is -2.53. The monoisotopic (exact) mass is 310 g/mol. The van der Waals surface area contributed by atoms with Crippen molar-refractivity contribution in [2.24, 2.45) is 0 Å². The molecule has 0 unspecified atom stereocenters. The summed E-state index contributed by atoms with van der Waals surface area (Å²) in [5.41, 5.74) is 7.38. The van der Waals surface area contributed by atoms with Crippen LogP contribution in [-0.4, -0.2) is 43.9 Å². The molecule has 5 N–H and O–H groups in total. The number of methoxy groups -OCH3 is 1. The second kappa shape index (κ2) is 7.33. The molecule has 1 aliphatic rings. The molecule has 1 atom stereocenters. The van der Waals surface area contributed by atoms with Crippen molar-refractivity contribution >= 4 is 40.9 Å². The van der Waals surface area contributed by atoms with E-state index in [0.29, 0.717) is 16.9 Å². The molecule has 0 spiro atoms. The third kappa shape index (κ3) is 3.89. The molecular formula is C14H22N4O2S. The molecular weight excluding hydrogens is 288 g/mol. The summed E-state index contributed by atoms with van der Waals surface area (Å²) in [6, 6.07) is 3.39. The Bertz CT molecular complexity index is 536. The first-order valence-electron chi connectivity index (χ1n) is 6.34. The molecule has 1 amide bonds. The smallest absolute Gasteiger partial charge is 0.252 e. The fourth-order valence-corrected chi connectivity index (χ4v) is 1.97. The van der Waals surface area contributed by atoms with Crippen LogP contribution in [-0.2, 0) is 9.53 Å². The normalized spacial score (nSPS) is 19.5. The van der Waals surface area contributed by atoms with E-state index in [1.807, 2.05) is 12.5 Å². The minimum atomic E-state index is -0.822. The Balaban J connectivity index is 0.000000677. The van der Waals surface area contributed by atoms with Crippen LogP contribution >= 0.6 is 11.8 Å². The molecule has 21 heavy (non-hydrogen) atoms. The number of amides is 1. The van der Waals surface area contributed by atoms with Crippen molar-refractivity contribution < 1.29 is 9.53 Å². The van der Waals surface area contributed by atoms with Crippen molar-refractivity contribution in [3.8, 4) is 0 Å². The molecule has 1 aromatic carbocycles. The van der Waals surface area contributed by atoms with Crippen LogP contribution in [0.3, 0.4) is 0 Å². The number of nitrogens with two attached hydrogens (primary N) is 1. The van der Waals surface area contributed by atoms with E-state index in [1.165, 1.54) is 6.21 Å². The standard InChI is InChI=1S/C12H16N4O2.C2H6S/c1-12(6-18-2)11(17)15-9-4-8(14)7(5-13)3-10(9)16-12;1-3-2/h3-5,13,16H,6,14H2,1-2H3,(H,15,17);1-2H3/t12-;/m0./s1. The highest BCUT2D eigenvalue weighted by molar-refractivity contribution is 7.97. The van der Waals surface area contributed by atoms with Crippen molar-refractivity contribution in [1.29, 1.82) is 5.41 Å². The van der Waals surface area contributed by atoms with E-state index < -0.39 is 5.54 Å². The lowest BCUT2D eigenvalue weighted by molar-refractivity contribution is -0.121. The first-order chi connectivity index (χ1) is 9.91. The number of hydrogen-bond acceptors (Lipinski definition) is 6. The van der Waals surface area contributed by atoms with Gasteiger partial charge in [-0.05, 0) is 31.6 Å². The summed E-state index contributed by atoms with van der Waals surface area (Å²) in [5.74, 6) is -0.168. The maximum Gasteiger partial charge on any atom is 0.252 e. The van der Waals surface area contributed by atoms with Crippen molar-refractivity contribution in [2.45, 2.75) is 12.5 Å². The van der Waals surface area contributed by atoms with E-state index in [0.717, 1.165) is 5.69 Å². The number of thioether (sulfide) groups is 1. The number of benzene rings is 1. The third-order valence-electron chi connectivity index (χ3n) is 2.97. The number of ether oxygens (including phenoxy) is 1. The Morgan fingerprint density at radius 2 is 2.05 bits per heavy atom. The maximum atomic E-state index is 12.0. The van der Waals surface area contributed by atoms with Gasteiger partial charge < -0.3 is 26.5 Å². The Morgan fingerprint density at radius 3 is 2.57 bits per heavy atom. The first-order valence-corrected chi connectivity index (χ1v) is 7.97. The van der Waals surface area contributed by atoms with E-state index in [-0.39, 0.29) is 12.5 Å². The second-order valence-corrected chi connectivity index (χ2v) is 5.74. The molecule has 116 valence electrons. The van der Waals surface area contributed by atoms with Crippen molar-refractivity contribution in [3.63, 3.8) is 0 Å². The van der Waals surface area contributed by atoms with Crippen molar-refractivity contribution in [1.82, 2.24) is 0 Å². The van der Waals surface area contributed by atoms with Gasteiger partial charge in [0, 0.05) is 24.6 Å². The van der Waals surface area contributed by atoms with Gasteiger partial charge >= 0.3 is 0 Å². The van der Waals surface area contributed by atoms with Gasteiger partial charge in [-0.25, -0.2) is 0 Å². The van der Waals surface area contributed by atoms with E-state index in [2.05, 4.69) is 10.6 Å². The zero-order valence-corrected chi connectivity index (χ0v) is 13.6. The fourth-order valence-electron chi connectivity index (χ4n) is 1.97. The summed E-state index contributed by atoms with van der Waals surface area (Å²) >= 11 is 1.75. The molecule has 7 heteroatoms. The average molecular weight is 310 g/mol. The zero-order chi connectivity index (χ0) is 16.0. The zero-order valence-electron chi connectivity index (χ0n) is 12.7. The first kappa shape index (κ1) is 17.3. The van der Waals surface area contributed by atoms with Crippen LogP contribution < -0.4 is 16.4 Å². The highest BCUT2D eigenvalue weighted by Crippen LogP contribution is 2.34. The summed E-state index contributed by atoms with van der Waals surface area (Å²) in [6.45, 7) is 2.01. The van der Waals surface area contributed by atoms with Crippen molar-refractivity contribution in [3.05, 3.63) is 17.7 Å². The van der Waals surface area contributed by atoms with Crippen LogP contribution in [0, 0.1) is 5.41 Å². The van der Waals surface area contributed by atoms with Crippen LogP contribution in [0.25, 0.3) is 0 Å². The largest absolute Gasteiger partial charge is 0.398 e. The van der Waals surface area contributed by atoms with Crippen LogP contribution in [0.1, 0.15) is 12.5 Å². The van der Waals surface area contributed by atoms with Gasteiger partial charge in [0.25, 0.3) is 5.91 Å². The van der Waals surface area contributed by atoms with Gasteiger partial charge in [0.2, 0.25) is 0 Å². The highest BCUT2D eigenvalue weighted by atomic mass is 32.2. The number of carbonyl (C=O) groups excluding carboxylic acids is 1. The Hall–Kier alpha value is -1.73. The molecule has 0 saturated carbocycles. The summed E-state index contributed by atoms with van der Waals surface area (Å²) < 4.78 is 5.06. The van der Waals surface area contributed by atoms with Crippen LogP contribution in [0.4, 0.5) is 17.1 Å². The topological polar surface area (TPSA) is 100 Å². The number of anilines is 3. The molecule has 6 nitrogen and oxygen atoms in total. The quantitative estimate of drug-likeness (QED) is 0.505. The molecule has 0 bridgehead atoms. The number of nitrogen functional groups attached to an aromatic ring is 1. The maximum absolute atomic E-state index is 12.0. The Kier molecular flexibility index (Phi) is 6.04. The van der Waals surface area contributed by atoms with Crippen molar-refractivity contribution in [2.75, 3.05) is 42.6 Å². The molecule has 0 aliphatic carbocycles. The van der Waals surface area contributed by atoms with Gasteiger partial charge in [-0.2, -0.15) is 11.8 Å². The predicted molar refractivity (Wildman–Crippen MR) is 90.7 cm³/mol. The second-order valence-electron chi connectivity index (χ2n) is 4.92. The third-order valence-corrected chi connectivity index (χ3v) is 2.97. The van der Waals surface area contributed by atoms with Gasteiger partial charge in [0.1, 0.15) is 5.54 Å². The van der Waals surface area contributed by atoms with Gasteiger partial charge in [-0.15, -0.1) is 0 Å². The number of rotatable bonds is 3. The highest BCUT2D eigenvalue weighted by Gasteiger charge is 2.37. The number of nitrogens with one attached hydrogen (secondary N) is 3. The van der Waals surface area contributed by atoms with Gasteiger partial charge in [0.05, 0.1) is 18.0 Å². The number of fused-ring (bicyclic) bond motifs is 1. The van der Waals surface area contributed by atoms with E-state index in [4.69, 9.17) is 15.9 Å². The summed E-state index contributed by atoms with van der Waals surface area (Å²) in [7, 11) is 1.54. The Labute approximate surface area is 129 Å². The molecule has 1 heterocycles. The number of carbonyl (C=O) groups is 1. The van der Waals surface area contributed by atoms with E-state index >= 15 is 0 Å². The lowest BCUT2D eigenvalue weighted by atomic mass is 9.97. The molecule has 0 saturated heterocycles. The van der Waals surface area contributed by atoms with Gasteiger partial charge in [-0.3, -0.25) is 4.79 Å². The summed E-state index contributed by atoms with van der Waals surface area (Å²) in [6.07, 6.45) is 5.27. The van der Waals surface area contributed by atoms with Crippen LogP contribution in [0.15, 0.2) is 12.1 Å². The number of hydrogen-bond donors (Lipinski definition) is 4. The molecule has 0 fully saturated rings. The van der Waals surface area contributed by atoms with E-state index in [9.17, 15) is 4.79 Å². The van der Waals surface area contributed by atoms with Gasteiger partial charge in [0.15, 0.2) is 0 Å². The fraction of sp³-hybridized carbons (Fsp3) is 0.429. The minimum Gasteiger partial charge on any atom is -0.398 e. The van der Waals surface area contributed by atoms with Crippen LogP contribution in [0.5, 0.6) is 0 Å². The van der Waals surface area contributed by atoms with Gasteiger partial charge in [-0.1, -0.05) is 0 Å². The molecule has 1 aromatic rings. The minimum absolute atomic E-state index is 0.168. The molecule has 1 aliphatic heterocycles. The van der Waals surface area contributed by atoms with Crippen LogP contribution in [0.2, 0.25) is 0 Å². The molecule has 2 rings (SSSR count). The molecule has 0 aromatic heterocycles. The summed E-state index contributed by atoms with van der Waals surface area (Å²) in [4.78, 5) is 12.0. The summed E-state index contributed by atoms with van der Waals surface area (Å²) in [5, 5.41) is 13.2.